The molecule has 0 aliphatic carbocycles. The summed E-state index contributed by atoms with van der Waals surface area (Å²) < 4.78 is 19.2. The van der Waals surface area contributed by atoms with E-state index in [1.165, 1.54) is 25.1 Å². The Bertz CT molecular complexity index is 782. The number of halogens is 3. The van der Waals surface area contributed by atoms with Crippen LogP contribution in [0.3, 0.4) is 0 Å². The Morgan fingerprint density at radius 1 is 1.43 bits per heavy atom. The molecule has 1 aromatic heterocycles. The molecule has 1 aromatic carbocycles. The lowest BCUT2D eigenvalue weighted by Crippen LogP contribution is -2.09. The number of methoxy groups -OCH3 is 1. The van der Waals surface area contributed by atoms with Crippen LogP contribution in [0.5, 0.6) is 0 Å². The molecule has 2 rings (SSSR count). The maximum atomic E-state index is 14.6. The van der Waals surface area contributed by atoms with Gasteiger partial charge in [0.25, 0.3) is 0 Å². The molecule has 3 N–H and O–H groups in total. The molecule has 122 valence electrons. The minimum Gasteiger partial charge on any atom is -0.464 e. The van der Waals surface area contributed by atoms with Gasteiger partial charge in [-0.1, -0.05) is 23.2 Å². The smallest absolute Gasteiger partial charge is 0.358 e. The molecule has 1 unspecified atom stereocenters. The van der Waals surface area contributed by atoms with Crippen LogP contribution >= 0.6 is 23.2 Å². The second kappa shape index (κ2) is 6.70. The normalized spacial score (nSPS) is 12.1. The van der Waals surface area contributed by atoms with E-state index < -0.39 is 17.9 Å². The lowest BCUT2D eigenvalue weighted by molar-refractivity contribution is 0.0594. The van der Waals surface area contributed by atoms with Gasteiger partial charge in [-0.2, -0.15) is 0 Å². The lowest BCUT2D eigenvalue weighted by atomic mass is 10.0. The Kier molecular flexibility index (Phi) is 5.09. The second-order valence-corrected chi connectivity index (χ2v) is 5.53. The van der Waals surface area contributed by atoms with E-state index in [1.807, 2.05) is 0 Å². The Balaban J connectivity index is 2.71. The highest BCUT2D eigenvalue weighted by atomic mass is 35.5. The molecule has 23 heavy (non-hydrogen) atoms. The molecule has 0 aliphatic heterocycles. The van der Waals surface area contributed by atoms with Gasteiger partial charge in [-0.05, 0) is 25.1 Å². The maximum absolute atomic E-state index is 14.6. The molecule has 0 saturated heterocycles. The number of hydrogen-bond acceptors (Lipinski definition) is 5. The van der Waals surface area contributed by atoms with E-state index in [2.05, 4.69) is 9.72 Å². The van der Waals surface area contributed by atoms with E-state index in [0.717, 1.165) is 7.11 Å². The quantitative estimate of drug-likeness (QED) is 0.818. The molecule has 1 heterocycles. The van der Waals surface area contributed by atoms with Gasteiger partial charge in [0.15, 0.2) is 5.69 Å². The Morgan fingerprint density at radius 2 is 2.09 bits per heavy atom. The second-order valence-electron chi connectivity index (χ2n) is 4.75. The summed E-state index contributed by atoms with van der Waals surface area (Å²) in [5, 5.41) is 9.67. The summed E-state index contributed by atoms with van der Waals surface area (Å²) in [6.07, 6.45) is -1.12. The average Bonchev–Trinajstić information content (AvgIpc) is 2.49. The fourth-order valence-corrected chi connectivity index (χ4v) is 2.55. The number of aromatic nitrogens is 1. The Labute approximate surface area is 141 Å². The zero-order chi connectivity index (χ0) is 17.3. The number of nitrogens with zero attached hydrogens (tertiary/aromatic N) is 1. The average molecular weight is 359 g/mol. The topological polar surface area (TPSA) is 85.4 Å². The molecule has 0 amide bonds. The van der Waals surface area contributed by atoms with E-state index in [4.69, 9.17) is 28.9 Å². The summed E-state index contributed by atoms with van der Waals surface area (Å²) in [4.78, 5) is 15.7. The number of aliphatic hydroxyl groups is 1. The van der Waals surface area contributed by atoms with Gasteiger partial charge in [-0.15, -0.1) is 0 Å². The number of carbonyl (C=O) groups excluding carboxylic acids is 1. The minimum absolute atomic E-state index is 0.0267. The van der Waals surface area contributed by atoms with Crippen molar-refractivity contribution in [1.82, 2.24) is 4.98 Å². The van der Waals surface area contributed by atoms with Gasteiger partial charge in [-0.25, -0.2) is 14.2 Å². The van der Waals surface area contributed by atoms with Gasteiger partial charge in [0.2, 0.25) is 0 Å². The molecule has 0 spiro atoms. The number of aliphatic hydroxyl groups excluding tert-OH is 1. The maximum Gasteiger partial charge on any atom is 0.358 e. The number of nitrogens with two attached hydrogens (primary N) is 1. The van der Waals surface area contributed by atoms with E-state index in [-0.39, 0.29) is 38.2 Å². The number of anilines is 1. The van der Waals surface area contributed by atoms with Crippen molar-refractivity contribution in [3.63, 3.8) is 0 Å². The highest BCUT2D eigenvalue weighted by Crippen LogP contribution is 2.35. The molecule has 1 atom stereocenters. The van der Waals surface area contributed by atoms with Crippen molar-refractivity contribution in [2.75, 3.05) is 12.8 Å². The van der Waals surface area contributed by atoms with Crippen LogP contribution in [0.2, 0.25) is 10.0 Å². The van der Waals surface area contributed by atoms with Gasteiger partial charge in [0, 0.05) is 16.1 Å². The van der Waals surface area contributed by atoms with E-state index in [9.17, 15) is 14.3 Å². The van der Waals surface area contributed by atoms with Gasteiger partial charge in [0.1, 0.15) is 5.82 Å². The minimum atomic E-state index is -1.12. The van der Waals surface area contributed by atoms with E-state index in [0.29, 0.717) is 0 Å². The van der Waals surface area contributed by atoms with Crippen LogP contribution in [-0.2, 0) is 4.74 Å². The van der Waals surface area contributed by atoms with Crippen LogP contribution in [-0.4, -0.2) is 23.2 Å². The van der Waals surface area contributed by atoms with Crippen molar-refractivity contribution in [1.29, 1.82) is 0 Å². The summed E-state index contributed by atoms with van der Waals surface area (Å²) in [6, 6.07) is 4.12. The van der Waals surface area contributed by atoms with Crippen LogP contribution in [0.25, 0.3) is 11.3 Å². The molecule has 8 heteroatoms. The summed E-state index contributed by atoms with van der Waals surface area (Å²) >= 11 is 11.8. The van der Waals surface area contributed by atoms with Crippen LogP contribution in [0.15, 0.2) is 18.2 Å². The fraction of sp³-hybridized carbons (Fsp3) is 0.200. The van der Waals surface area contributed by atoms with E-state index >= 15 is 0 Å². The van der Waals surface area contributed by atoms with E-state index in [1.54, 1.807) is 0 Å². The van der Waals surface area contributed by atoms with Crippen molar-refractivity contribution in [2.45, 2.75) is 13.0 Å². The number of hydrogen-bond donors (Lipinski definition) is 2. The number of esters is 1. The van der Waals surface area contributed by atoms with Gasteiger partial charge in [0.05, 0.1) is 29.6 Å². The highest BCUT2D eigenvalue weighted by Gasteiger charge is 2.22. The third kappa shape index (κ3) is 3.24. The van der Waals surface area contributed by atoms with Crippen molar-refractivity contribution < 1.29 is 19.0 Å². The number of benzene rings is 1. The van der Waals surface area contributed by atoms with Gasteiger partial charge >= 0.3 is 5.97 Å². The Hall–Kier alpha value is -1.89. The first-order valence-electron chi connectivity index (χ1n) is 6.48. The highest BCUT2D eigenvalue weighted by molar-refractivity contribution is 6.35. The molecule has 0 aliphatic rings. The summed E-state index contributed by atoms with van der Waals surface area (Å²) in [5.74, 6) is -1.55. The number of nitrogen functional groups attached to an aromatic ring is 1. The molecule has 0 bridgehead atoms. The van der Waals surface area contributed by atoms with Crippen LogP contribution in [0.1, 0.15) is 29.1 Å². The molecule has 2 aromatic rings. The predicted octanol–water partition coefficient (Wildman–Crippen LogP) is 3.62. The predicted molar refractivity (Wildman–Crippen MR) is 86.0 cm³/mol. The lowest BCUT2D eigenvalue weighted by Gasteiger charge is -2.14. The summed E-state index contributed by atoms with van der Waals surface area (Å²) in [5.41, 5.74) is 5.60. The summed E-state index contributed by atoms with van der Waals surface area (Å²) in [7, 11) is 1.16. The first kappa shape index (κ1) is 17.5. The molecule has 0 radical (unpaired) electrons. The standard InChI is InChI=1S/C15H13Cl2FN2O3/c1-6(21)11-8(16)4-3-7(13(11)18)10-5-9(19)12(17)14(20-10)15(22)23-2/h3-6,21H,1-2H3,(H2,19,20). The molecule has 5 nitrogen and oxygen atoms in total. The van der Waals surface area contributed by atoms with Crippen molar-refractivity contribution >= 4 is 34.9 Å². The number of rotatable bonds is 3. The zero-order valence-corrected chi connectivity index (χ0v) is 13.7. The van der Waals surface area contributed by atoms with Crippen LogP contribution in [0, 0.1) is 5.82 Å². The van der Waals surface area contributed by atoms with Gasteiger partial charge < -0.3 is 15.6 Å². The van der Waals surface area contributed by atoms with Crippen LogP contribution < -0.4 is 5.73 Å². The largest absolute Gasteiger partial charge is 0.464 e. The SMILES string of the molecule is COC(=O)c1nc(-c2ccc(Cl)c(C(C)O)c2F)cc(N)c1Cl. The number of ether oxygens (including phenoxy) is 1. The van der Waals surface area contributed by atoms with Gasteiger partial charge in [-0.3, -0.25) is 0 Å². The zero-order valence-electron chi connectivity index (χ0n) is 12.2. The Morgan fingerprint density at radius 3 is 2.65 bits per heavy atom. The van der Waals surface area contributed by atoms with Crippen molar-refractivity contribution in [3.8, 4) is 11.3 Å². The number of pyridine rings is 1. The summed E-state index contributed by atoms with van der Waals surface area (Å²) in [6.45, 7) is 1.39. The molecule has 0 fully saturated rings. The first-order chi connectivity index (χ1) is 10.8. The van der Waals surface area contributed by atoms with Crippen molar-refractivity contribution in [2.24, 2.45) is 0 Å². The molecule has 0 saturated carbocycles. The molecular weight excluding hydrogens is 346 g/mol. The first-order valence-corrected chi connectivity index (χ1v) is 7.24. The number of carbonyl (C=O) groups is 1. The monoisotopic (exact) mass is 358 g/mol. The van der Waals surface area contributed by atoms with Crippen LogP contribution in [0.4, 0.5) is 10.1 Å². The third-order valence-corrected chi connectivity index (χ3v) is 3.91. The third-order valence-electron chi connectivity index (χ3n) is 3.18. The molecular formula is C15H13Cl2FN2O3. The fourth-order valence-electron chi connectivity index (χ4n) is 2.07. The van der Waals surface area contributed by atoms with Crippen molar-refractivity contribution in [3.05, 3.63) is 45.3 Å².